The van der Waals surface area contributed by atoms with Gasteiger partial charge in [0.05, 0.1) is 22.2 Å². The number of rotatable bonds is 4. The standard InChI is InChI=1S/C14H14Cl2N2O/c1-3-10-7-11(18(2)17-10)8-14(19)9-4-5-12(15)13(16)6-9/h4-7H,3,8H2,1-2H3. The second kappa shape index (κ2) is 5.76. The highest BCUT2D eigenvalue weighted by Gasteiger charge is 2.12. The van der Waals surface area contributed by atoms with Crippen LogP contribution >= 0.6 is 23.2 Å². The molecular weight excluding hydrogens is 283 g/mol. The van der Waals surface area contributed by atoms with Crippen molar-refractivity contribution in [2.24, 2.45) is 7.05 Å². The molecule has 0 atom stereocenters. The van der Waals surface area contributed by atoms with Crippen LogP contribution in [-0.2, 0) is 19.9 Å². The zero-order valence-corrected chi connectivity index (χ0v) is 12.3. The Labute approximate surface area is 122 Å². The highest BCUT2D eigenvalue weighted by Crippen LogP contribution is 2.23. The van der Waals surface area contributed by atoms with E-state index in [2.05, 4.69) is 5.10 Å². The molecular formula is C14H14Cl2N2O. The molecule has 0 N–H and O–H groups in total. The number of hydrogen-bond donors (Lipinski definition) is 0. The lowest BCUT2D eigenvalue weighted by atomic mass is 10.1. The van der Waals surface area contributed by atoms with Crippen LogP contribution in [0.3, 0.4) is 0 Å². The predicted molar refractivity (Wildman–Crippen MR) is 77.1 cm³/mol. The summed E-state index contributed by atoms with van der Waals surface area (Å²) in [5.74, 6) is 0.00391. The van der Waals surface area contributed by atoms with Crippen molar-refractivity contribution in [2.45, 2.75) is 19.8 Å². The maximum atomic E-state index is 12.2. The summed E-state index contributed by atoms with van der Waals surface area (Å²) in [6, 6.07) is 6.88. The predicted octanol–water partition coefficient (Wildman–Crippen LogP) is 3.71. The van der Waals surface area contributed by atoms with Crippen molar-refractivity contribution in [2.75, 3.05) is 0 Å². The van der Waals surface area contributed by atoms with Crippen LogP contribution in [0.5, 0.6) is 0 Å². The molecule has 0 aliphatic carbocycles. The highest BCUT2D eigenvalue weighted by atomic mass is 35.5. The molecule has 0 amide bonds. The number of carbonyl (C=O) groups excluding carboxylic acids is 1. The SMILES string of the molecule is CCc1cc(CC(=O)c2ccc(Cl)c(Cl)c2)n(C)n1. The minimum Gasteiger partial charge on any atom is -0.294 e. The average Bonchev–Trinajstić information content (AvgIpc) is 2.73. The first-order chi connectivity index (χ1) is 9.01. The van der Waals surface area contributed by atoms with Gasteiger partial charge in [0.2, 0.25) is 0 Å². The van der Waals surface area contributed by atoms with E-state index < -0.39 is 0 Å². The molecule has 0 saturated carbocycles. The fourth-order valence-electron chi connectivity index (χ4n) is 1.85. The fourth-order valence-corrected chi connectivity index (χ4v) is 2.14. The normalized spacial score (nSPS) is 10.7. The number of benzene rings is 1. The Morgan fingerprint density at radius 2 is 2.00 bits per heavy atom. The molecule has 0 spiro atoms. The van der Waals surface area contributed by atoms with Gasteiger partial charge in [0, 0.05) is 18.3 Å². The van der Waals surface area contributed by atoms with Crippen molar-refractivity contribution in [3.63, 3.8) is 0 Å². The minimum absolute atomic E-state index is 0.00391. The third-order valence-electron chi connectivity index (χ3n) is 2.97. The maximum absolute atomic E-state index is 12.2. The Morgan fingerprint density at radius 3 is 2.58 bits per heavy atom. The first-order valence-electron chi connectivity index (χ1n) is 6.01. The summed E-state index contributed by atoms with van der Waals surface area (Å²) < 4.78 is 1.74. The van der Waals surface area contributed by atoms with E-state index in [0.717, 1.165) is 17.8 Å². The molecule has 0 fully saturated rings. The number of halogens is 2. The van der Waals surface area contributed by atoms with Crippen LogP contribution in [0.4, 0.5) is 0 Å². The summed E-state index contributed by atoms with van der Waals surface area (Å²) in [5.41, 5.74) is 2.45. The van der Waals surface area contributed by atoms with Crippen molar-refractivity contribution < 1.29 is 4.79 Å². The van der Waals surface area contributed by atoms with E-state index in [1.807, 2.05) is 20.0 Å². The molecule has 1 aromatic heterocycles. The van der Waals surface area contributed by atoms with E-state index in [9.17, 15) is 4.79 Å². The monoisotopic (exact) mass is 296 g/mol. The van der Waals surface area contributed by atoms with Crippen molar-refractivity contribution in [3.8, 4) is 0 Å². The van der Waals surface area contributed by atoms with Gasteiger partial charge in [-0.3, -0.25) is 9.48 Å². The molecule has 0 unspecified atom stereocenters. The van der Waals surface area contributed by atoms with E-state index in [0.29, 0.717) is 22.0 Å². The molecule has 0 saturated heterocycles. The van der Waals surface area contributed by atoms with Gasteiger partial charge in [0.25, 0.3) is 0 Å². The molecule has 3 nitrogen and oxygen atoms in total. The third-order valence-corrected chi connectivity index (χ3v) is 3.71. The van der Waals surface area contributed by atoms with Crippen LogP contribution in [0.15, 0.2) is 24.3 Å². The van der Waals surface area contributed by atoms with Gasteiger partial charge in [-0.15, -0.1) is 0 Å². The summed E-state index contributed by atoms with van der Waals surface area (Å²) >= 11 is 11.8. The molecule has 5 heteroatoms. The van der Waals surface area contributed by atoms with Crippen molar-refractivity contribution >= 4 is 29.0 Å². The van der Waals surface area contributed by atoms with Gasteiger partial charge in [-0.05, 0) is 30.7 Å². The first-order valence-corrected chi connectivity index (χ1v) is 6.77. The molecule has 0 aliphatic rings. The summed E-state index contributed by atoms with van der Waals surface area (Å²) in [7, 11) is 1.84. The second-order valence-electron chi connectivity index (χ2n) is 4.33. The number of nitrogens with zero attached hydrogens (tertiary/aromatic N) is 2. The molecule has 0 radical (unpaired) electrons. The third kappa shape index (κ3) is 3.17. The smallest absolute Gasteiger partial charge is 0.168 e. The molecule has 2 aromatic rings. The Morgan fingerprint density at radius 1 is 1.26 bits per heavy atom. The molecule has 100 valence electrons. The molecule has 1 heterocycles. The maximum Gasteiger partial charge on any atom is 0.168 e. The van der Waals surface area contributed by atoms with Gasteiger partial charge < -0.3 is 0 Å². The molecule has 2 rings (SSSR count). The average molecular weight is 297 g/mol. The summed E-state index contributed by atoms with van der Waals surface area (Å²) in [6.07, 6.45) is 1.16. The van der Waals surface area contributed by atoms with Crippen LogP contribution in [0, 0.1) is 0 Å². The van der Waals surface area contributed by atoms with E-state index in [1.54, 1.807) is 22.9 Å². The Bertz CT molecular complexity index is 620. The van der Waals surface area contributed by atoms with Crippen LogP contribution in [0.2, 0.25) is 10.0 Å². The number of hydrogen-bond acceptors (Lipinski definition) is 2. The number of aromatic nitrogens is 2. The highest BCUT2D eigenvalue weighted by molar-refractivity contribution is 6.42. The zero-order valence-electron chi connectivity index (χ0n) is 10.8. The number of ketones is 1. The van der Waals surface area contributed by atoms with Crippen LogP contribution < -0.4 is 0 Å². The lowest BCUT2D eigenvalue weighted by molar-refractivity contribution is 0.0991. The second-order valence-corrected chi connectivity index (χ2v) is 5.15. The quantitative estimate of drug-likeness (QED) is 0.806. The van der Waals surface area contributed by atoms with Gasteiger partial charge in [0.15, 0.2) is 5.78 Å². The Kier molecular flexibility index (Phi) is 4.27. The lowest BCUT2D eigenvalue weighted by Gasteiger charge is -2.03. The van der Waals surface area contributed by atoms with E-state index in [4.69, 9.17) is 23.2 Å². The summed E-state index contributed by atoms with van der Waals surface area (Å²) in [6.45, 7) is 2.03. The minimum atomic E-state index is 0.00391. The van der Waals surface area contributed by atoms with E-state index in [1.165, 1.54) is 0 Å². The van der Waals surface area contributed by atoms with Crippen LogP contribution in [0.1, 0.15) is 28.7 Å². The molecule has 0 bridgehead atoms. The van der Waals surface area contributed by atoms with Crippen LogP contribution in [-0.4, -0.2) is 15.6 Å². The molecule has 19 heavy (non-hydrogen) atoms. The van der Waals surface area contributed by atoms with Crippen molar-refractivity contribution in [3.05, 3.63) is 51.3 Å². The van der Waals surface area contributed by atoms with Gasteiger partial charge in [-0.1, -0.05) is 30.1 Å². The van der Waals surface area contributed by atoms with Crippen molar-refractivity contribution in [1.29, 1.82) is 0 Å². The van der Waals surface area contributed by atoms with E-state index in [-0.39, 0.29) is 5.78 Å². The fraction of sp³-hybridized carbons (Fsp3) is 0.286. The van der Waals surface area contributed by atoms with E-state index >= 15 is 0 Å². The number of Topliss-reactive ketones (excluding diaryl/α,β-unsaturated/α-hetero) is 1. The largest absolute Gasteiger partial charge is 0.294 e. The van der Waals surface area contributed by atoms with Crippen LogP contribution in [0.25, 0.3) is 0 Å². The van der Waals surface area contributed by atoms with Gasteiger partial charge in [0.1, 0.15) is 0 Å². The summed E-state index contributed by atoms with van der Waals surface area (Å²) in [4.78, 5) is 12.2. The van der Waals surface area contributed by atoms with Gasteiger partial charge in [-0.25, -0.2) is 0 Å². The molecule has 1 aromatic carbocycles. The summed E-state index contributed by atoms with van der Waals surface area (Å²) in [5, 5.41) is 5.17. The van der Waals surface area contributed by atoms with Gasteiger partial charge >= 0.3 is 0 Å². The first kappa shape index (κ1) is 14.1. The zero-order chi connectivity index (χ0) is 14.0. The number of aryl methyl sites for hydroxylation is 2. The lowest BCUT2D eigenvalue weighted by Crippen LogP contribution is -2.07. The molecule has 0 aliphatic heterocycles. The topological polar surface area (TPSA) is 34.9 Å². The van der Waals surface area contributed by atoms with Crippen molar-refractivity contribution in [1.82, 2.24) is 9.78 Å². The Hall–Kier alpha value is -1.32. The number of carbonyl (C=O) groups is 1. The Balaban J connectivity index is 2.20. The van der Waals surface area contributed by atoms with Gasteiger partial charge in [-0.2, -0.15) is 5.10 Å².